The first-order chi connectivity index (χ1) is 15.3. The third kappa shape index (κ3) is 3.51. The van der Waals surface area contributed by atoms with Gasteiger partial charge in [-0.15, -0.1) is 0 Å². The number of hydrogen-bond donors (Lipinski definition) is 3. The second kappa shape index (κ2) is 7.65. The lowest BCUT2D eigenvalue weighted by Crippen LogP contribution is -2.54. The lowest BCUT2D eigenvalue weighted by atomic mass is 9.97. The molecule has 0 radical (unpaired) electrons. The molecule has 0 bridgehead atoms. The van der Waals surface area contributed by atoms with Crippen LogP contribution in [0.25, 0.3) is 0 Å². The van der Waals surface area contributed by atoms with Gasteiger partial charge in [-0.2, -0.15) is 0 Å². The molecule has 0 aromatic heterocycles. The lowest BCUT2D eigenvalue weighted by Gasteiger charge is -2.27. The van der Waals surface area contributed by atoms with Gasteiger partial charge in [0.1, 0.15) is 6.04 Å². The molecule has 0 spiro atoms. The number of nitrogens with one attached hydrogen (secondary N) is 2. The predicted molar refractivity (Wildman–Crippen MR) is 116 cm³/mol. The molecule has 0 saturated carbocycles. The number of nitrogens with zero attached hydrogens (tertiary/aromatic N) is 1. The Balaban J connectivity index is 1.25. The lowest BCUT2D eigenvalue weighted by molar-refractivity contribution is -0.136. The van der Waals surface area contributed by atoms with Crippen LogP contribution in [0, 0.1) is 0 Å². The fourth-order valence-electron chi connectivity index (χ4n) is 4.93. The largest absolute Gasteiger partial charge is 0.323 e. The molecule has 2 aromatic carbocycles. The summed E-state index contributed by atoms with van der Waals surface area (Å²) in [6, 6.07) is 12.4. The van der Waals surface area contributed by atoms with E-state index >= 15 is 0 Å². The van der Waals surface area contributed by atoms with Crippen LogP contribution in [0.15, 0.2) is 42.5 Å². The van der Waals surface area contributed by atoms with Gasteiger partial charge in [-0.3, -0.25) is 29.4 Å². The Bertz CT molecular complexity index is 1130. The Morgan fingerprint density at radius 1 is 1.00 bits per heavy atom. The van der Waals surface area contributed by atoms with Gasteiger partial charge in [-0.25, -0.2) is 0 Å². The van der Waals surface area contributed by atoms with Crippen molar-refractivity contribution in [1.29, 1.82) is 0 Å². The molecule has 5 rings (SSSR count). The van der Waals surface area contributed by atoms with Gasteiger partial charge < -0.3 is 11.1 Å². The molecule has 1 unspecified atom stereocenters. The summed E-state index contributed by atoms with van der Waals surface area (Å²) in [7, 11) is 0. The molecule has 2 aromatic rings. The fourth-order valence-corrected chi connectivity index (χ4v) is 4.93. The molecule has 2 heterocycles. The van der Waals surface area contributed by atoms with E-state index in [0.29, 0.717) is 13.1 Å². The Hall–Kier alpha value is -3.36. The van der Waals surface area contributed by atoms with Gasteiger partial charge in [0.05, 0.1) is 11.1 Å². The van der Waals surface area contributed by atoms with Crippen LogP contribution < -0.4 is 16.4 Å². The number of rotatable bonds is 5. The van der Waals surface area contributed by atoms with Crippen molar-refractivity contribution in [3.05, 3.63) is 70.3 Å². The van der Waals surface area contributed by atoms with E-state index in [1.807, 2.05) is 12.1 Å². The monoisotopic (exact) mass is 432 g/mol. The normalized spacial score (nSPS) is 21.5. The van der Waals surface area contributed by atoms with Crippen molar-refractivity contribution in [3.63, 3.8) is 0 Å². The maximum Gasteiger partial charge on any atom is 0.262 e. The van der Waals surface area contributed by atoms with E-state index in [1.165, 1.54) is 11.1 Å². The first-order valence-electron chi connectivity index (χ1n) is 10.8. The number of piperidine rings is 1. The highest BCUT2D eigenvalue weighted by atomic mass is 16.2. The number of imide groups is 2. The number of carbonyl (C=O) groups is 4. The van der Waals surface area contributed by atoms with Gasteiger partial charge in [0, 0.05) is 25.0 Å². The first kappa shape index (κ1) is 20.5. The Labute approximate surface area is 185 Å². The van der Waals surface area contributed by atoms with E-state index in [1.54, 1.807) is 18.2 Å². The number of hydrogen-bond acceptors (Lipinski definition) is 6. The van der Waals surface area contributed by atoms with E-state index < -0.39 is 23.8 Å². The summed E-state index contributed by atoms with van der Waals surface area (Å²) >= 11 is 0. The molecular formula is C24H24N4O4. The topological polar surface area (TPSA) is 122 Å². The van der Waals surface area contributed by atoms with Crippen molar-refractivity contribution < 1.29 is 19.2 Å². The smallest absolute Gasteiger partial charge is 0.262 e. The number of nitrogens with two attached hydrogens (primary N) is 1. The van der Waals surface area contributed by atoms with Gasteiger partial charge in [-0.1, -0.05) is 30.3 Å². The van der Waals surface area contributed by atoms with Crippen molar-refractivity contribution >= 4 is 23.6 Å². The zero-order valence-corrected chi connectivity index (χ0v) is 17.5. The van der Waals surface area contributed by atoms with Crippen LogP contribution in [-0.4, -0.2) is 46.7 Å². The van der Waals surface area contributed by atoms with Gasteiger partial charge >= 0.3 is 0 Å². The van der Waals surface area contributed by atoms with Gasteiger partial charge in [-0.05, 0) is 48.1 Å². The summed E-state index contributed by atoms with van der Waals surface area (Å²) in [5.41, 5.74) is 10.2. The summed E-state index contributed by atoms with van der Waals surface area (Å²) in [5.74, 6) is -1.99. The van der Waals surface area contributed by atoms with Crippen LogP contribution in [0.1, 0.15) is 50.2 Å². The molecule has 4 N–H and O–H groups in total. The number of fused-ring (bicyclic) bond motifs is 2. The van der Waals surface area contributed by atoms with Crippen molar-refractivity contribution in [3.8, 4) is 0 Å². The van der Waals surface area contributed by atoms with Crippen LogP contribution in [0.2, 0.25) is 0 Å². The molecule has 8 heteroatoms. The minimum Gasteiger partial charge on any atom is -0.323 e. The zero-order valence-electron chi connectivity index (χ0n) is 17.5. The van der Waals surface area contributed by atoms with Crippen LogP contribution >= 0.6 is 0 Å². The summed E-state index contributed by atoms with van der Waals surface area (Å²) in [4.78, 5) is 50.3. The summed E-state index contributed by atoms with van der Waals surface area (Å²) in [6.07, 6.45) is 1.87. The van der Waals surface area contributed by atoms with E-state index in [4.69, 9.17) is 5.73 Å². The highest BCUT2D eigenvalue weighted by Gasteiger charge is 2.44. The highest BCUT2D eigenvalue weighted by molar-refractivity contribution is 6.23. The van der Waals surface area contributed by atoms with E-state index in [2.05, 4.69) is 22.8 Å². The van der Waals surface area contributed by atoms with Crippen LogP contribution in [0.4, 0.5) is 0 Å². The number of amides is 4. The predicted octanol–water partition coefficient (Wildman–Crippen LogP) is 0.674. The molecule has 2 aliphatic heterocycles. The molecule has 3 aliphatic rings. The SMILES string of the molecule is NC1(CNCc2ccc3c(c2)C(=O)N(C2CCC(=O)NC2=O)C3=O)Cc2ccccc2C1. The standard InChI is InChI=1S/C24H24N4O4/c25-24(10-15-3-1-2-4-16(15)11-24)13-26-12-14-5-6-17-18(9-14)23(32)28(22(17)31)19-7-8-20(29)27-21(19)30/h1-6,9,19,26H,7-8,10-13,25H2,(H,27,29,30). The van der Waals surface area contributed by atoms with Gasteiger partial charge in [0.15, 0.2) is 0 Å². The maximum absolute atomic E-state index is 12.9. The molecule has 1 aliphatic carbocycles. The molecule has 1 saturated heterocycles. The average molecular weight is 432 g/mol. The van der Waals surface area contributed by atoms with Crippen molar-refractivity contribution in [2.45, 2.75) is 43.8 Å². The second-order valence-electron chi connectivity index (χ2n) is 8.92. The first-order valence-corrected chi connectivity index (χ1v) is 10.8. The summed E-state index contributed by atoms with van der Waals surface area (Å²) < 4.78 is 0. The summed E-state index contributed by atoms with van der Waals surface area (Å²) in [5, 5.41) is 5.59. The Morgan fingerprint density at radius 3 is 2.38 bits per heavy atom. The Morgan fingerprint density at radius 2 is 1.69 bits per heavy atom. The molecule has 1 fully saturated rings. The molecule has 32 heavy (non-hydrogen) atoms. The minimum absolute atomic E-state index is 0.101. The molecule has 8 nitrogen and oxygen atoms in total. The van der Waals surface area contributed by atoms with E-state index in [-0.39, 0.29) is 35.4 Å². The van der Waals surface area contributed by atoms with E-state index in [0.717, 1.165) is 23.3 Å². The fraction of sp³-hybridized carbons (Fsp3) is 0.333. The molecular weight excluding hydrogens is 408 g/mol. The third-order valence-corrected chi connectivity index (χ3v) is 6.51. The third-order valence-electron chi connectivity index (χ3n) is 6.51. The van der Waals surface area contributed by atoms with Crippen LogP contribution in [0.5, 0.6) is 0 Å². The van der Waals surface area contributed by atoms with Crippen LogP contribution in [-0.2, 0) is 29.0 Å². The van der Waals surface area contributed by atoms with Crippen LogP contribution in [0.3, 0.4) is 0 Å². The molecule has 1 atom stereocenters. The minimum atomic E-state index is -0.956. The summed E-state index contributed by atoms with van der Waals surface area (Å²) in [6.45, 7) is 1.12. The van der Waals surface area contributed by atoms with Crippen molar-refractivity contribution in [2.75, 3.05) is 6.54 Å². The van der Waals surface area contributed by atoms with E-state index in [9.17, 15) is 19.2 Å². The average Bonchev–Trinajstić information content (AvgIpc) is 3.22. The molecule has 4 amide bonds. The van der Waals surface area contributed by atoms with Crippen molar-refractivity contribution in [1.82, 2.24) is 15.5 Å². The molecule has 164 valence electrons. The number of carbonyl (C=O) groups excluding carboxylic acids is 4. The maximum atomic E-state index is 12.9. The quantitative estimate of drug-likeness (QED) is 0.597. The second-order valence-corrected chi connectivity index (χ2v) is 8.92. The Kier molecular flexibility index (Phi) is 4.91. The highest BCUT2D eigenvalue weighted by Crippen LogP contribution is 2.29. The zero-order chi connectivity index (χ0) is 22.5. The van der Waals surface area contributed by atoms with Gasteiger partial charge in [0.2, 0.25) is 11.8 Å². The van der Waals surface area contributed by atoms with Gasteiger partial charge in [0.25, 0.3) is 11.8 Å². The number of benzene rings is 2. The van der Waals surface area contributed by atoms with Crippen molar-refractivity contribution in [2.24, 2.45) is 5.73 Å².